The lowest BCUT2D eigenvalue weighted by atomic mass is 10.2. The van der Waals surface area contributed by atoms with Crippen molar-refractivity contribution in [1.29, 1.82) is 5.26 Å². The highest BCUT2D eigenvalue weighted by Gasteiger charge is 2.43. The maximum atomic E-state index is 13.3. The molecule has 2 aromatic carbocycles. The molecule has 176 valence electrons. The second kappa shape index (κ2) is 10.00. The zero-order valence-electron chi connectivity index (χ0n) is 19.0. The molecule has 2 atom stereocenters. The fraction of sp³-hybridized carbons (Fsp3) is 0.458. The lowest BCUT2D eigenvalue weighted by Gasteiger charge is -2.40. The Labute approximate surface area is 195 Å². The Balaban J connectivity index is 1.34. The molecule has 0 radical (unpaired) electrons. The van der Waals surface area contributed by atoms with Gasteiger partial charge in [-0.2, -0.15) is 9.57 Å². The summed E-state index contributed by atoms with van der Waals surface area (Å²) in [4.78, 5) is 2.71. The summed E-state index contributed by atoms with van der Waals surface area (Å²) in [7, 11) is -0.566. The van der Waals surface area contributed by atoms with Gasteiger partial charge >= 0.3 is 0 Å². The number of anilines is 1. The smallest absolute Gasteiger partial charge is 0.243 e. The first-order chi connectivity index (χ1) is 16.0. The molecule has 2 unspecified atom stereocenters. The van der Waals surface area contributed by atoms with Gasteiger partial charge in [0.2, 0.25) is 10.0 Å². The Morgan fingerprint density at radius 1 is 1.03 bits per heavy atom. The Morgan fingerprint density at radius 2 is 1.70 bits per heavy atom. The van der Waals surface area contributed by atoms with Crippen LogP contribution in [0.15, 0.2) is 47.4 Å². The fourth-order valence-corrected chi connectivity index (χ4v) is 6.33. The SMILES string of the molecule is COc1ccc(S(=O)(=O)N2CC3CCC(C2)N3CCCNc2ccc(C#N)cc2)cc1OC. The summed E-state index contributed by atoms with van der Waals surface area (Å²) in [5.41, 5.74) is 1.65. The lowest BCUT2D eigenvalue weighted by molar-refractivity contribution is 0.110. The van der Waals surface area contributed by atoms with Crippen molar-refractivity contribution in [3.63, 3.8) is 0 Å². The molecule has 2 aliphatic rings. The third-order valence-electron chi connectivity index (χ3n) is 6.53. The minimum atomic E-state index is -3.60. The molecule has 2 heterocycles. The van der Waals surface area contributed by atoms with Crippen LogP contribution in [0.1, 0.15) is 24.8 Å². The highest BCUT2D eigenvalue weighted by atomic mass is 32.2. The van der Waals surface area contributed by atoms with Crippen molar-refractivity contribution in [2.24, 2.45) is 0 Å². The third-order valence-corrected chi connectivity index (χ3v) is 8.36. The number of ether oxygens (including phenoxy) is 2. The number of nitrogens with zero attached hydrogens (tertiary/aromatic N) is 3. The number of piperazine rings is 1. The third kappa shape index (κ3) is 4.93. The number of methoxy groups -OCH3 is 2. The van der Waals surface area contributed by atoms with E-state index in [0.717, 1.165) is 38.0 Å². The van der Waals surface area contributed by atoms with E-state index in [9.17, 15) is 8.42 Å². The van der Waals surface area contributed by atoms with E-state index in [1.165, 1.54) is 20.3 Å². The van der Waals surface area contributed by atoms with Crippen LogP contribution in [0.5, 0.6) is 11.5 Å². The predicted molar refractivity (Wildman–Crippen MR) is 126 cm³/mol. The van der Waals surface area contributed by atoms with Crippen LogP contribution in [0.25, 0.3) is 0 Å². The maximum absolute atomic E-state index is 13.3. The molecule has 4 rings (SSSR count). The second-order valence-electron chi connectivity index (χ2n) is 8.43. The van der Waals surface area contributed by atoms with Crippen molar-refractivity contribution in [2.75, 3.05) is 45.7 Å². The zero-order chi connectivity index (χ0) is 23.4. The first-order valence-electron chi connectivity index (χ1n) is 11.2. The lowest BCUT2D eigenvalue weighted by Crippen LogP contribution is -2.55. The van der Waals surface area contributed by atoms with E-state index >= 15 is 0 Å². The molecule has 0 saturated carbocycles. The number of hydrogen-bond acceptors (Lipinski definition) is 7. The summed E-state index contributed by atoms with van der Waals surface area (Å²) < 4.78 is 38.8. The molecule has 0 aliphatic carbocycles. The zero-order valence-corrected chi connectivity index (χ0v) is 19.8. The predicted octanol–water partition coefficient (Wildman–Crippen LogP) is 2.91. The van der Waals surface area contributed by atoms with Crippen molar-refractivity contribution < 1.29 is 17.9 Å². The minimum absolute atomic E-state index is 0.236. The number of rotatable bonds is 9. The van der Waals surface area contributed by atoms with Gasteiger partial charge < -0.3 is 14.8 Å². The molecular weight excluding hydrogens is 440 g/mol. The van der Waals surface area contributed by atoms with Gasteiger partial charge in [-0.15, -0.1) is 0 Å². The summed E-state index contributed by atoms with van der Waals surface area (Å²) >= 11 is 0. The Hall–Kier alpha value is -2.80. The van der Waals surface area contributed by atoms with Crippen LogP contribution in [0.3, 0.4) is 0 Å². The number of nitrogens with one attached hydrogen (secondary N) is 1. The van der Waals surface area contributed by atoms with Gasteiger partial charge in [-0.25, -0.2) is 8.42 Å². The van der Waals surface area contributed by atoms with E-state index in [1.54, 1.807) is 28.6 Å². The van der Waals surface area contributed by atoms with Gasteiger partial charge in [-0.3, -0.25) is 4.90 Å². The van der Waals surface area contributed by atoms with Crippen LogP contribution < -0.4 is 14.8 Å². The van der Waals surface area contributed by atoms with Gasteiger partial charge in [0, 0.05) is 50.0 Å². The van der Waals surface area contributed by atoms with Crippen molar-refractivity contribution in [1.82, 2.24) is 9.21 Å². The van der Waals surface area contributed by atoms with Gasteiger partial charge in [-0.1, -0.05) is 0 Å². The van der Waals surface area contributed by atoms with Crippen molar-refractivity contribution >= 4 is 15.7 Å². The average Bonchev–Trinajstić information content (AvgIpc) is 3.07. The van der Waals surface area contributed by atoms with Gasteiger partial charge in [0.15, 0.2) is 11.5 Å². The Kier molecular flexibility index (Phi) is 7.08. The Morgan fingerprint density at radius 3 is 2.30 bits per heavy atom. The maximum Gasteiger partial charge on any atom is 0.243 e. The van der Waals surface area contributed by atoms with Crippen LogP contribution in [0, 0.1) is 11.3 Å². The van der Waals surface area contributed by atoms with E-state index in [0.29, 0.717) is 30.2 Å². The van der Waals surface area contributed by atoms with Crippen molar-refractivity contribution in [3.05, 3.63) is 48.0 Å². The van der Waals surface area contributed by atoms with E-state index in [-0.39, 0.29) is 17.0 Å². The second-order valence-corrected chi connectivity index (χ2v) is 10.4. The summed E-state index contributed by atoms with van der Waals surface area (Å²) in [5.74, 6) is 0.922. The number of benzene rings is 2. The molecule has 2 bridgehead atoms. The first-order valence-corrected chi connectivity index (χ1v) is 12.6. The number of hydrogen-bond donors (Lipinski definition) is 1. The molecule has 0 aromatic heterocycles. The molecule has 1 N–H and O–H groups in total. The van der Waals surface area contributed by atoms with Gasteiger partial charge in [0.25, 0.3) is 0 Å². The van der Waals surface area contributed by atoms with Gasteiger partial charge in [0.05, 0.1) is 30.7 Å². The topological polar surface area (TPSA) is 94.9 Å². The molecule has 2 aromatic rings. The Bertz CT molecular complexity index is 1100. The minimum Gasteiger partial charge on any atom is -0.493 e. The van der Waals surface area contributed by atoms with Crippen LogP contribution >= 0.6 is 0 Å². The van der Waals surface area contributed by atoms with E-state index in [2.05, 4.69) is 16.3 Å². The van der Waals surface area contributed by atoms with Gasteiger partial charge in [0.1, 0.15) is 0 Å². The fourth-order valence-electron chi connectivity index (χ4n) is 4.80. The highest BCUT2D eigenvalue weighted by molar-refractivity contribution is 7.89. The number of sulfonamides is 1. The van der Waals surface area contributed by atoms with E-state index in [4.69, 9.17) is 14.7 Å². The van der Waals surface area contributed by atoms with E-state index in [1.807, 2.05) is 12.1 Å². The quantitative estimate of drug-likeness (QED) is 0.563. The van der Waals surface area contributed by atoms with E-state index < -0.39 is 10.0 Å². The molecular formula is C24H30N4O4S. The van der Waals surface area contributed by atoms with Crippen LogP contribution in [-0.4, -0.2) is 70.1 Å². The van der Waals surface area contributed by atoms with Crippen molar-refractivity contribution in [2.45, 2.75) is 36.2 Å². The first kappa shape index (κ1) is 23.4. The molecule has 0 spiro atoms. The van der Waals surface area contributed by atoms with Crippen LogP contribution in [0.4, 0.5) is 5.69 Å². The van der Waals surface area contributed by atoms with Crippen LogP contribution in [0.2, 0.25) is 0 Å². The average molecular weight is 471 g/mol. The molecule has 9 heteroatoms. The number of fused-ring (bicyclic) bond motifs is 2. The summed E-state index contributed by atoms with van der Waals surface area (Å²) in [5, 5.41) is 12.3. The summed E-state index contributed by atoms with van der Waals surface area (Å²) in [6.45, 7) is 2.78. The molecule has 8 nitrogen and oxygen atoms in total. The molecule has 2 fully saturated rings. The van der Waals surface area contributed by atoms with Crippen molar-refractivity contribution in [3.8, 4) is 17.6 Å². The summed E-state index contributed by atoms with van der Waals surface area (Å²) in [6, 6.07) is 14.8. The molecule has 0 amide bonds. The van der Waals surface area contributed by atoms with Gasteiger partial charge in [-0.05, 0) is 55.7 Å². The molecule has 2 aliphatic heterocycles. The standard InChI is InChI=1S/C24H30N4O4S/c1-31-23-11-10-22(14-24(23)32-2)33(29,30)27-16-20-8-9-21(17-27)28(20)13-3-12-26-19-6-4-18(15-25)5-7-19/h4-7,10-11,14,20-21,26H,3,8-9,12-13,16-17H2,1-2H3. The monoisotopic (exact) mass is 470 g/mol. The number of nitriles is 1. The normalized spacial score (nSPS) is 20.9. The molecule has 2 saturated heterocycles. The largest absolute Gasteiger partial charge is 0.493 e. The summed E-state index contributed by atoms with van der Waals surface area (Å²) in [6.07, 6.45) is 3.01. The molecule has 33 heavy (non-hydrogen) atoms. The van der Waals surface area contributed by atoms with Crippen LogP contribution in [-0.2, 0) is 10.0 Å². The highest BCUT2D eigenvalue weighted by Crippen LogP contribution is 2.35.